The third-order valence-corrected chi connectivity index (χ3v) is 3.33. The zero-order valence-electron chi connectivity index (χ0n) is 11.8. The van der Waals surface area contributed by atoms with Gasteiger partial charge in [0, 0.05) is 6.04 Å². The Balaban J connectivity index is 2.09. The molecular formula is C16H27NO. The van der Waals surface area contributed by atoms with Crippen LogP contribution in [0.15, 0.2) is 24.3 Å². The van der Waals surface area contributed by atoms with Gasteiger partial charge in [-0.25, -0.2) is 0 Å². The summed E-state index contributed by atoms with van der Waals surface area (Å²) in [6, 6.07) is 8.10. The monoisotopic (exact) mass is 249 g/mol. The number of nitrogens with one attached hydrogen (secondary N) is 1. The molecule has 2 N–H and O–H groups in total. The van der Waals surface area contributed by atoms with E-state index in [4.69, 9.17) is 0 Å². The van der Waals surface area contributed by atoms with Gasteiger partial charge in [-0.15, -0.1) is 0 Å². The van der Waals surface area contributed by atoms with Crippen LogP contribution < -0.4 is 5.32 Å². The zero-order chi connectivity index (χ0) is 13.2. The second-order valence-corrected chi connectivity index (χ2v) is 5.12. The van der Waals surface area contributed by atoms with Gasteiger partial charge in [-0.3, -0.25) is 0 Å². The van der Waals surface area contributed by atoms with Crippen LogP contribution >= 0.6 is 0 Å². The Hall–Kier alpha value is -1.02. The molecule has 1 aromatic carbocycles. The van der Waals surface area contributed by atoms with Gasteiger partial charge >= 0.3 is 0 Å². The minimum absolute atomic E-state index is 0.348. The van der Waals surface area contributed by atoms with Crippen molar-refractivity contribution in [2.24, 2.45) is 0 Å². The molecule has 0 saturated carbocycles. The van der Waals surface area contributed by atoms with E-state index in [0.717, 1.165) is 19.4 Å². The molecular weight excluding hydrogens is 222 g/mol. The van der Waals surface area contributed by atoms with Crippen molar-refractivity contribution in [3.8, 4) is 5.75 Å². The van der Waals surface area contributed by atoms with E-state index in [1.54, 1.807) is 12.1 Å². The van der Waals surface area contributed by atoms with Crippen LogP contribution in [0.2, 0.25) is 0 Å². The van der Waals surface area contributed by atoms with Crippen LogP contribution in [0.1, 0.15) is 51.5 Å². The van der Waals surface area contributed by atoms with Crippen LogP contribution in [0.5, 0.6) is 5.75 Å². The Kier molecular flexibility index (Phi) is 7.51. The number of hydrogen-bond acceptors (Lipinski definition) is 2. The van der Waals surface area contributed by atoms with E-state index in [1.807, 2.05) is 12.1 Å². The van der Waals surface area contributed by atoms with Crippen molar-refractivity contribution < 1.29 is 5.11 Å². The molecule has 1 rings (SSSR count). The molecule has 102 valence electrons. The lowest BCUT2D eigenvalue weighted by atomic mass is 10.1. The maximum absolute atomic E-state index is 9.21. The molecule has 0 amide bonds. The van der Waals surface area contributed by atoms with Crippen LogP contribution in [-0.4, -0.2) is 17.7 Å². The van der Waals surface area contributed by atoms with Gasteiger partial charge in [0.1, 0.15) is 5.75 Å². The summed E-state index contributed by atoms with van der Waals surface area (Å²) in [6.45, 7) is 5.63. The number of phenolic OH excluding ortho intramolecular Hbond substituents is 1. The van der Waals surface area contributed by atoms with Gasteiger partial charge in [0.15, 0.2) is 0 Å². The van der Waals surface area contributed by atoms with Gasteiger partial charge in [0.05, 0.1) is 0 Å². The summed E-state index contributed by atoms with van der Waals surface area (Å²) in [5, 5.41) is 12.8. The van der Waals surface area contributed by atoms with Crippen LogP contribution in [0, 0.1) is 0 Å². The molecule has 0 heterocycles. The quantitative estimate of drug-likeness (QED) is 0.651. The van der Waals surface area contributed by atoms with Gasteiger partial charge in [0.25, 0.3) is 0 Å². The molecule has 0 fully saturated rings. The molecule has 0 aliphatic heterocycles. The summed E-state index contributed by atoms with van der Waals surface area (Å²) >= 11 is 0. The SMILES string of the molecule is CCCCCCNC(C)CCc1ccc(O)cc1. The summed E-state index contributed by atoms with van der Waals surface area (Å²) < 4.78 is 0. The first-order chi connectivity index (χ1) is 8.72. The molecule has 0 aliphatic carbocycles. The van der Waals surface area contributed by atoms with Crippen LogP contribution in [0.25, 0.3) is 0 Å². The van der Waals surface area contributed by atoms with E-state index in [-0.39, 0.29) is 0 Å². The smallest absolute Gasteiger partial charge is 0.115 e. The molecule has 0 aliphatic rings. The lowest BCUT2D eigenvalue weighted by molar-refractivity contribution is 0.474. The lowest BCUT2D eigenvalue weighted by Gasteiger charge is -2.13. The van der Waals surface area contributed by atoms with E-state index in [2.05, 4.69) is 19.2 Å². The second-order valence-electron chi connectivity index (χ2n) is 5.12. The molecule has 2 heteroatoms. The number of hydrogen-bond donors (Lipinski definition) is 2. The fraction of sp³-hybridized carbons (Fsp3) is 0.625. The van der Waals surface area contributed by atoms with Crippen LogP contribution in [0.3, 0.4) is 0 Å². The van der Waals surface area contributed by atoms with Gasteiger partial charge in [0.2, 0.25) is 0 Å². The topological polar surface area (TPSA) is 32.3 Å². The lowest BCUT2D eigenvalue weighted by Crippen LogP contribution is -2.27. The van der Waals surface area contributed by atoms with Crippen molar-refractivity contribution >= 4 is 0 Å². The largest absolute Gasteiger partial charge is 0.508 e. The summed E-state index contributed by atoms with van der Waals surface area (Å²) in [4.78, 5) is 0. The van der Waals surface area contributed by atoms with Gasteiger partial charge < -0.3 is 10.4 Å². The Bertz CT molecular complexity index is 307. The molecule has 0 bridgehead atoms. The van der Waals surface area contributed by atoms with Crippen molar-refractivity contribution in [2.75, 3.05) is 6.54 Å². The Morgan fingerprint density at radius 1 is 1.11 bits per heavy atom. The molecule has 0 aromatic heterocycles. The summed E-state index contributed by atoms with van der Waals surface area (Å²) in [7, 11) is 0. The van der Waals surface area contributed by atoms with Gasteiger partial charge in [-0.05, 0) is 50.4 Å². The van der Waals surface area contributed by atoms with Crippen molar-refractivity contribution in [3.05, 3.63) is 29.8 Å². The van der Waals surface area contributed by atoms with Crippen molar-refractivity contribution in [2.45, 2.75) is 58.4 Å². The van der Waals surface area contributed by atoms with E-state index < -0.39 is 0 Å². The predicted molar refractivity (Wildman–Crippen MR) is 78.0 cm³/mol. The normalized spacial score (nSPS) is 12.6. The fourth-order valence-corrected chi connectivity index (χ4v) is 2.05. The highest BCUT2D eigenvalue weighted by Gasteiger charge is 2.01. The van der Waals surface area contributed by atoms with Crippen LogP contribution in [0.4, 0.5) is 0 Å². The highest BCUT2D eigenvalue weighted by atomic mass is 16.3. The average Bonchev–Trinajstić information content (AvgIpc) is 2.38. The Morgan fingerprint density at radius 3 is 2.50 bits per heavy atom. The van der Waals surface area contributed by atoms with E-state index >= 15 is 0 Å². The first-order valence-corrected chi connectivity index (χ1v) is 7.23. The third kappa shape index (κ3) is 6.65. The maximum Gasteiger partial charge on any atom is 0.115 e. The summed E-state index contributed by atoms with van der Waals surface area (Å²) in [5.41, 5.74) is 1.30. The molecule has 18 heavy (non-hydrogen) atoms. The molecule has 0 radical (unpaired) electrons. The number of aryl methyl sites for hydroxylation is 1. The molecule has 2 nitrogen and oxygen atoms in total. The number of benzene rings is 1. The fourth-order valence-electron chi connectivity index (χ4n) is 2.05. The molecule has 0 spiro atoms. The molecule has 1 unspecified atom stereocenters. The first-order valence-electron chi connectivity index (χ1n) is 7.23. The first kappa shape index (κ1) is 15.0. The molecule has 0 saturated heterocycles. The number of rotatable bonds is 9. The third-order valence-electron chi connectivity index (χ3n) is 3.33. The van der Waals surface area contributed by atoms with Crippen LogP contribution in [-0.2, 0) is 6.42 Å². The Morgan fingerprint density at radius 2 is 1.83 bits per heavy atom. The van der Waals surface area contributed by atoms with E-state index in [1.165, 1.54) is 31.2 Å². The van der Waals surface area contributed by atoms with E-state index in [9.17, 15) is 5.11 Å². The standard InChI is InChI=1S/C16H27NO/c1-3-4-5-6-13-17-14(2)7-8-15-9-11-16(18)12-10-15/h9-12,14,17-18H,3-8,13H2,1-2H3. The minimum atomic E-state index is 0.348. The predicted octanol–water partition coefficient (Wildman–Crippen LogP) is 3.88. The number of phenols is 1. The van der Waals surface area contributed by atoms with E-state index in [0.29, 0.717) is 11.8 Å². The summed E-state index contributed by atoms with van der Waals surface area (Å²) in [6.07, 6.45) is 7.51. The minimum Gasteiger partial charge on any atom is -0.508 e. The average molecular weight is 249 g/mol. The number of unbranched alkanes of at least 4 members (excludes halogenated alkanes) is 3. The van der Waals surface area contributed by atoms with Crippen molar-refractivity contribution in [1.82, 2.24) is 5.32 Å². The second kappa shape index (κ2) is 8.98. The zero-order valence-corrected chi connectivity index (χ0v) is 11.8. The van der Waals surface area contributed by atoms with Gasteiger partial charge in [-0.1, -0.05) is 38.3 Å². The van der Waals surface area contributed by atoms with Crippen molar-refractivity contribution in [1.29, 1.82) is 0 Å². The van der Waals surface area contributed by atoms with Gasteiger partial charge in [-0.2, -0.15) is 0 Å². The Labute approximate surface area is 111 Å². The van der Waals surface area contributed by atoms with Crippen molar-refractivity contribution in [3.63, 3.8) is 0 Å². The highest BCUT2D eigenvalue weighted by Crippen LogP contribution is 2.11. The highest BCUT2D eigenvalue weighted by molar-refractivity contribution is 5.25. The summed E-state index contributed by atoms with van der Waals surface area (Å²) in [5.74, 6) is 0.348. The number of aromatic hydroxyl groups is 1. The molecule has 1 atom stereocenters. The molecule has 1 aromatic rings. The maximum atomic E-state index is 9.21.